The molecule has 3 rings (SSSR count). The van der Waals surface area contributed by atoms with E-state index in [1.165, 1.54) is 11.3 Å². The van der Waals surface area contributed by atoms with Crippen LogP contribution in [-0.2, 0) is 0 Å². The maximum absolute atomic E-state index is 12.2. The zero-order valence-electron chi connectivity index (χ0n) is 13.8. The number of benzene rings is 2. The van der Waals surface area contributed by atoms with Crippen molar-refractivity contribution in [2.24, 2.45) is 0 Å². The molecule has 0 aliphatic carbocycles. The fourth-order valence-corrected chi connectivity index (χ4v) is 3.80. The summed E-state index contributed by atoms with van der Waals surface area (Å²) >= 11 is 9.93. The molecular formula is C17H14BrN3O3S2. The van der Waals surface area contributed by atoms with Crippen LogP contribution in [0.15, 0.2) is 40.9 Å². The number of carbonyl (C=O) groups excluding carboxylic acids is 1. The van der Waals surface area contributed by atoms with Crippen molar-refractivity contribution in [2.45, 2.75) is 0 Å². The Kier molecular flexibility index (Phi) is 5.70. The molecular weight excluding hydrogens is 438 g/mol. The van der Waals surface area contributed by atoms with Crippen LogP contribution < -0.4 is 20.1 Å². The topological polar surface area (TPSA) is 72.5 Å². The summed E-state index contributed by atoms with van der Waals surface area (Å²) in [5.41, 5.74) is 1.20. The molecule has 0 saturated carbocycles. The number of nitrogens with zero attached hydrogens (tertiary/aromatic N) is 1. The Labute approximate surface area is 167 Å². The fraction of sp³-hybridized carbons (Fsp3) is 0.118. The van der Waals surface area contributed by atoms with Gasteiger partial charge in [0.2, 0.25) is 0 Å². The molecule has 6 nitrogen and oxygen atoms in total. The molecule has 0 unspecified atom stereocenters. The number of carbonyl (C=O) groups is 1. The molecule has 2 aromatic carbocycles. The van der Waals surface area contributed by atoms with Crippen LogP contribution in [0.1, 0.15) is 10.4 Å². The summed E-state index contributed by atoms with van der Waals surface area (Å²) in [7, 11) is 3.16. The molecule has 9 heteroatoms. The van der Waals surface area contributed by atoms with Crippen LogP contribution >= 0.6 is 39.5 Å². The van der Waals surface area contributed by atoms with Crippen molar-refractivity contribution in [1.82, 2.24) is 10.3 Å². The molecule has 0 saturated heterocycles. The first-order chi connectivity index (χ1) is 12.5. The minimum absolute atomic E-state index is 0.167. The predicted octanol–water partition coefficient (Wildman–Crippen LogP) is 4.20. The van der Waals surface area contributed by atoms with Gasteiger partial charge < -0.3 is 14.8 Å². The number of hydrogen-bond donors (Lipinski definition) is 2. The molecule has 0 atom stereocenters. The molecule has 1 amide bonds. The van der Waals surface area contributed by atoms with Gasteiger partial charge in [-0.3, -0.25) is 10.1 Å². The summed E-state index contributed by atoms with van der Waals surface area (Å²) in [6.45, 7) is 0. The van der Waals surface area contributed by atoms with Crippen molar-refractivity contribution < 1.29 is 14.3 Å². The largest absolute Gasteiger partial charge is 0.497 e. The lowest BCUT2D eigenvalue weighted by molar-refractivity contribution is 0.0977. The second kappa shape index (κ2) is 7.98. The van der Waals surface area contributed by atoms with E-state index in [0.29, 0.717) is 27.7 Å². The highest BCUT2D eigenvalue weighted by Crippen LogP contribution is 2.36. The molecule has 2 N–H and O–H groups in total. The number of thiazole rings is 1. The Bertz CT molecular complexity index is 991. The van der Waals surface area contributed by atoms with Crippen LogP contribution in [-0.4, -0.2) is 30.2 Å². The number of amides is 1. The number of fused-ring (bicyclic) bond motifs is 1. The van der Waals surface area contributed by atoms with E-state index < -0.39 is 0 Å². The van der Waals surface area contributed by atoms with E-state index in [2.05, 4.69) is 31.5 Å². The van der Waals surface area contributed by atoms with Crippen molar-refractivity contribution in [2.75, 3.05) is 19.5 Å². The van der Waals surface area contributed by atoms with Gasteiger partial charge in [-0.15, -0.1) is 0 Å². The molecule has 0 fully saturated rings. The number of anilines is 1. The number of halogens is 1. The Balaban J connectivity index is 1.76. The van der Waals surface area contributed by atoms with Crippen molar-refractivity contribution in [3.63, 3.8) is 0 Å². The summed E-state index contributed by atoms with van der Waals surface area (Å²) in [5, 5.41) is 6.29. The quantitative estimate of drug-likeness (QED) is 0.579. The van der Waals surface area contributed by atoms with E-state index in [1.54, 1.807) is 38.5 Å². The van der Waals surface area contributed by atoms with E-state index in [4.69, 9.17) is 21.7 Å². The highest BCUT2D eigenvalue weighted by Gasteiger charge is 2.14. The van der Waals surface area contributed by atoms with Gasteiger partial charge in [0.1, 0.15) is 17.0 Å². The van der Waals surface area contributed by atoms with Crippen LogP contribution in [0.4, 0.5) is 5.13 Å². The van der Waals surface area contributed by atoms with Crippen LogP contribution in [0.25, 0.3) is 10.2 Å². The number of aromatic nitrogens is 1. The molecule has 1 aromatic heterocycles. The number of ether oxygens (including phenoxy) is 2. The van der Waals surface area contributed by atoms with E-state index in [-0.39, 0.29) is 11.0 Å². The predicted molar refractivity (Wildman–Crippen MR) is 111 cm³/mol. The van der Waals surface area contributed by atoms with Crippen LogP contribution in [0, 0.1) is 0 Å². The third-order valence-corrected chi connectivity index (χ3v) is 5.04. The fourth-order valence-electron chi connectivity index (χ4n) is 2.24. The highest BCUT2D eigenvalue weighted by atomic mass is 79.9. The number of nitrogens with one attached hydrogen (secondary N) is 2. The minimum atomic E-state index is -0.302. The zero-order valence-corrected chi connectivity index (χ0v) is 17.0. The lowest BCUT2D eigenvalue weighted by Crippen LogP contribution is -2.34. The zero-order chi connectivity index (χ0) is 18.7. The van der Waals surface area contributed by atoms with Crippen LogP contribution in [0.2, 0.25) is 0 Å². The average molecular weight is 452 g/mol. The Hall–Kier alpha value is -2.23. The molecule has 0 radical (unpaired) electrons. The standard InChI is InChI=1S/C17H14BrN3O3S2/c1-23-11-7-12(24-2)14-13(8-11)26-17(19-14)21-16(25)20-15(22)9-4-3-5-10(18)6-9/h3-8H,1-2H3,(H2,19,20,21,22,25). The van der Waals surface area contributed by atoms with E-state index in [9.17, 15) is 4.79 Å². The Morgan fingerprint density at radius 1 is 1.23 bits per heavy atom. The molecule has 3 aromatic rings. The first-order valence-electron chi connectivity index (χ1n) is 7.40. The molecule has 0 bridgehead atoms. The number of rotatable bonds is 4. The molecule has 26 heavy (non-hydrogen) atoms. The highest BCUT2D eigenvalue weighted by molar-refractivity contribution is 9.10. The van der Waals surface area contributed by atoms with Crippen LogP contribution in [0.5, 0.6) is 11.5 Å². The molecule has 134 valence electrons. The first kappa shape index (κ1) is 18.6. The van der Waals surface area contributed by atoms with Gasteiger partial charge in [0.15, 0.2) is 10.2 Å². The summed E-state index contributed by atoms with van der Waals surface area (Å²) in [4.78, 5) is 16.7. The molecule has 0 spiro atoms. The number of thiocarbonyl (C=S) groups is 1. The summed E-state index contributed by atoms with van der Waals surface area (Å²) < 4.78 is 12.3. The summed E-state index contributed by atoms with van der Waals surface area (Å²) in [6.07, 6.45) is 0. The van der Waals surface area contributed by atoms with Crippen molar-refractivity contribution in [3.8, 4) is 11.5 Å². The average Bonchev–Trinajstić information content (AvgIpc) is 3.02. The maximum Gasteiger partial charge on any atom is 0.257 e. The normalized spacial score (nSPS) is 10.4. The van der Waals surface area contributed by atoms with Gasteiger partial charge in [-0.2, -0.15) is 0 Å². The van der Waals surface area contributed by atoms with Crippen molar-refractivity contribution in [1.29, 1.82) is 0 Å². The van der Waals surface area contributed by atoms with Gasteiger partial charge in [0.05, 0.1) is 18.9 Å². The lowest BCUT2D eigenvalue weighted by atomic mass is 10.2. The second-order valence-corrected chi connectivity index (χ2v) is 7.47. The lowest BCUT2D eigenvalue weighted by Gasteiger charge is -2.07. The maximum atomic E-state index is 12.2. The van der Waals surface area contributed by atoms with Gasteiger partial charge >= 0.3 is 0 Å². The SMILES string of the molecule is COc1cc(OC)c2nc(NC(=S)NC(=O)c3cccc(Br)c3)sc2c1. The van der Waals surface area contributed by atoms with E-state index in [0.717, 1.165) is 9.17 Å². The van der Waals surface area contributed by atoms with Crippen molar-refractivity contribution >= 4 is 65.9 Å². The monoisotopic (exact) mass is 451 g/mol. The van der Waals surface area contributed by atoms with Gasteiger partial charge in [0, 0.05) is 16.1 Å². The molecule has 1 heterocycles. The van der Waals surface area contributed by atoms with E-state index >= 15 is 0 Å². The third kappa shape index (κ3) is 4.12. The second-order valence-electron chi connectivity index (χ2n) is 5.11. The molecule has 0 aliphatic heterocycles. The Morgan fingerprint density at radius 2 is 2.04 bits per heavy atom. The number of hydrogen-bond acceptors (Lipinski definition) is 6. The van der Waals surface area contributed by atoms with Gasteiger partial charge in [0.25, 0.3) is 5.91 Å². The van der Waals surface area contributed by atoms with Crippen molar-refractivity contribution in [3.05, 3.63) is 46.4 Å². The van der Waals surface area contributed by atoms with Gasteiger partial charge in [-0.25, -0.2) is 4.98 Å². The van der Waals surface area contributed by atoms with Gasteiger partial charge in [-0.1, -0.05) is 33.3 Å². The van der Waals surface area contributed by atoms with E-state index in [1.807, 2.05) is 12.1 Å². The van der Waals surface area contributed by atoms with Gasteiger partial charge in [-0.05, 0) is 36.5 Å². The van der Waals surface area contributed by atoms with Crippen LogP contribution in [0.3, 0.4) is 0 Å². The summed E-state index contributed by atoms with van der Waals surface area (Å²) in [6, 6.07) is 10.7. The minimum Gasteiger partial charge on any atom is -0.497 e. The number of methoxy groups -OCH3 is 2. The smallest absolute Gasteiger partial charge is 0.257 e. The molecule has 0 aliphatic rings. The summed E-state index contributed by atoms with van der Waals surface area (Å²) in [5.74, 6) is 0.979. The first-order valence-corrected chi connectivity index (χ1v) is 9.42. The third-order valence-electron chi connectivity index (χ3n) is 3.42. The Morgan fingerprint density at radius 3 is 2.73 bits per heavy atom.